The minimum Gasteiger partial charge on any atom is -0.339 e. The van der Waals surface area contributed by atoms with E-state index >= 15 is 0 Å². The van der Waals surface area contributed by atoms with Gasteiger partial charge in [0.05, 0.1) is 26.4 Å². The monoisotopic (exact) mass is 512 g/mol. The highest BCUT2D eigenvalue weighted by molar-refractivity contribution is 6.07. The van der Waals surface area contributed by atoms with Crippen LogP contribution in [0.5, 0.6) is 0 Å². The Balaban J connectivity index is 0.000000148. The molecule has 6 heterocycles. The summed E-state index contributed by atoms with van der Waals surface area (Å²) in [6.45, 7) is 0.618. The maximum Gasteiger partial charge on any atom is 0.330 e. The van der Waals surface area contributed by atoms with Crippen molar-refractivity contribution in [2.75, 3.05) is 54.6 Å². The van der Waals surface area contributed by atoms with Gasteiger partial charge in [0.25, 0.3) is 35.0 Å². The zero-order valence-corrected chi connectivity index (χ0v) is 19.7. The Morgan fingerprint density at radius 3 is 1.25 bits per heavy atom. The summed E-state index contributed by atoms with van der Waals surface area (Å²) in [4.78, 5) is 75.7. The quantitative estimate of drug-likeness (QED) is 0.252. The normalized spacial score (nSPS) is 39.1. The third-order valence-corrected chi connectivity index (χ3v) is 6.83. The molecule has 18 nitrogen and oxygen atoms in total. The molecule has 6 aliphatic rings. The Labute approximate surface area is 203 Å². The highest BCUT2D eigenvalue weighted by Crippen LogP contribution is 2.41. The second-order valence-electron chi connectivity index (χ2n) is 8.61. The molecular weight excluding hydrogens is 488 g/mol. The lowest BCUT2D eigenvalue weighted by Gasteiger charge is -2.53. The van der Waals surface area contributed by atoms with Crippen LogP contribution in [0.3, 0.4) is 0 Å². The first-order chi connectivity index (χ1) is 16.9. The maximum absolute atomic E-state index is 12.3. The largest absolute Gasteiger partial charge is 0.339 e. The predicted molar refractivity (Wildman–Crippen MR) is 110 cm³/mol. The first kappa shape index (κ1) is 24.0. The Kier molecular flexibility index (Phi) is 4.92. The van der Waals surface area contributed by atoms with Gasteiger partial charge in [0.2, 0.25) is 0 Å². The van der Waals surface area contributed by atoms with E-state index in [2.05, 4.69) is 21.3 Å². The molecule has 6 fully saturated rings. The van der Waals surface area contributed by atoms with Crippen molar-refractivity contribution in [2.24, 2.45) is 0 Å². The maximum atomic E-state index is 12.3. The van der Waals surface area contributed by atoms with Gasteiger partial charge < -0.3 is 18.9 Å². The average Bonchev–Trinajstić information content (AvgIpc) is 3.36. The number of hydrogen-bond acceptors (Lipinski definition) is 10. The van der Waals surface area contributed by atoms with Crippen LogP contribution < -0.4 is 21.3 Å². The van der Waals surface area contributed by atoms with Crippen LogP contribution in [-0.4, -0.2) is 133 Å². The molecule has 36 heavy (non-hydrogen) atoms. The molecular formula is C18H24N8O10. The van der Waals surface area contributed by atoms with E-state index in [0.717, 1.165) is 19.6 Å². The van der Waals surface area contributed by atoms with Gasteiger partial charge in [0.15, 0.2) is 0 Å². The van der Waals surface area contributed by atoms with Crippen LogP contribution in [-0.2, 0) is 28.5 Å². The third kappa shape index (κ3) is 2.58. The third-order valence-electron chi connectivity index (χ3n) is 6.83. The fraction of sp³-hybridized carbons (Fsp3) is 0.667. The molecule has 0 unspecified atom stereocenters. The van der Waals surface area contributed by atoms with Crippen molar-refractivity contribution >= 4 is 35.9 Å². The molecule has 6 rings (SSSR count). The van der Waals surface area contributed by atoms with E-state index < -0.39 is 59.1 Å². The van der Waals surface area contributed by atoms with E-state index in [-0.39, 0.29) is 26.4 Å². The van der Waals surface area contributed by atoms with Crippen molar-refractivity contribution in [3.8, 4) is 0 Å². The van der Waals surface area contributed by atoms with Gasteiger partial charge in [-0.15, -0.1) is 0 Å². The van der Waals surface area contributed by atoms with Crippen molar-refractivity contribution in [3.05, 3.63) is 0 Å². The summed E-state index contributed by atoms with van der Waals surface area (Å²) in [5.41, 5.74) is -3.44. The fourth-order valence-electron chi connectivity index (χ4n) is 5.07. The number of nitrogens with zero attached hydrogens (tertiary/aromatic N) is 4. The second kappa shape index (κ2) is 7.38. The van der Waals surface area contributed by atoms with Crippen molar-refractivity contribution in [1.82, 2.24) is 40.9 Å². The van der Waals surface area contributed by atoms with E-state index in [0.29, 0.717) is 0 Å². The van der Waals surface area contributed by atoms with Crippen LogP contribution in [0.1, 0.15) is 0 Å². The lowest BCUT2D eigenvalue weighted by Crippen LogP contribution is -2.83. The Hall–Kier alpha value is -3.74. The Morgan fingerprint density at radius 1 is 0.556 bits per heavy atom. The standard InChI is InChI=1S/2C9H12N4O5/c2*1-12-5(14)8-9(11-6(15)10-8,13(2)7(12)16)18-4-3-17-8/h2*3-4H2,1-2H3,(H2,10,11,15)/t2*8-,9+/m00/s1. The molecule has 0 spiro atoms. The number of ether oxygens (including phenoxy) is 4. The van der Waals surface area contributed by atoms with Gasteiger partial charge in [0.1, 0.15) is 0 Å². The molecule has 0 aromatic heterocycles. The number of nitrogens with one attached hydrogen (secondary N) is 4. The smallest absolute Gasteiger partial charge is 0.330 e. The van der Waals surface area contributed by atoms with E-state index in [4.69, 9.17) is 18.9 Å². The summed E-state index contributed by atoms with van der Waals surface area (Å²) in [6, 6.07) is -2.41. The van der Waals surface area contributed by atoms with E-state index in [9.17, 15) is 28.8 Å². The number of likely N-dealkylation sites (N-methyl/N-ethyl adjacent to an activating group) is 4. The first-order valence-corrected chi connectivity index (χ1v) is 10.8. The molecule has 6 saturated heterocycles. The minimum atomic E-state index is -1.72. The molecule has 4 atom stereocenters. The number of imide groups is 2. The molecule has 0 aliphatic carbocycles. The number of amides is 10. The van der Waals surface area contributed by atoms with Crippen LogP contribution in [0, 0.1) is 0 Å². The Morgan fingerprint density at radius 2 is 0.889 bits per heavy atom. The summed E-state index contributed by atoms with van der Waals surface area (Å²) in [7, 11) is 5.51. The van der Waals surface area contributed by atoms with Gasteiger partial charge in [-0.25, -0.2) is 19.2 Å². The van der Waals surface area contributed by atoms with Gasteiger partial charge in [-0.1, -0.05) is 0 Å². The molecule has 0 bridgehead atoms. The fourth-order valence-corrected chi connectivity index (χ4v) is 5.07. The van der Waals surface area contributed by atoms with Crippen molar-refractivity contribution in [1.29, 1.82) is 0 Å². The van der Waals surface area contributed by atoms with Gasteiger partial charge >= 0.3 is 24.1 Å². The van der Waals surface area contributed by atoms with E-state index in [1.807, 2.05) is 0 Å². The molecule has 18 heteroatoms. The van der Waals surface area contributed by atoms with Gasteiger partial charge in [-0.05, 0) is 0 Å². The molecule has 0 aromatic rings. The summed E-state index contributed by atoms with van der Waals surface area (Å²) < 4.78 is 21.9. The van der Waals surface area contributed by atoms with E-state index in [1.165, 1.54) is 28.2 Å². The number of carbonyl (C=O) groups excluding carboxylic acids is 6. The first-order valence-electron chi connectivity index (χ1n) is 10.8. The summed E-state index contributed by atoms with van der Waals surface area (Å²) in [5, 5.41) is 9.73. The SMILES string of the molecule is CN1C(=O)N(C)[C@]23NC(=O)N[C@]2(OCCO3)C1=O.CN1C(=O)N(C)[C@]23NC(=O)N[C@]2(OCCO3)C1=O. The van der Waals surface area contributed by atoms with Gasteiger partial charge in [-0.2, -0.15) is 0 Å². The van der Waals surface area contributed by atoms with Crippen molar-refractivity contribution in [2.45, 2.75) is 23.1 Å². The highest BCUT2D eigenvalue weighted by atomic mass is 16.7. The summed E-state index contributed by atoms with van der Waals surface area (Å²) in [5.74, 6) is -4.57. The van der Waals surface area contributed by atoms with Crippen molar-refractivity contribution < 1.29 is 47.7 Å². The molecule has 6 aliphatic heterocycles. The highest BCUT2D eigenvalue weighted by Gasteiger charge is 2.76. The van der Waals surface area contributed by atoms with Gasteiger partial charge in [-0.3, -0.25) is 50.5 Å². The summed E-state index contributed by atoms with van der Waals surface area (Å²) in [6.07, 6.45) is 0. The molecule has 10 amide bonds. The van der Waals surface area contributed by atoms with Crippen LogP contribution >= 0.6 is 0 Å². The number of urea groups is 4. The number of hydrogen-bond donors (Lipinski definition) is 4. The topological polar surface area (TPSA) is 200 Å². The van der Waals surface area contributed by atoms with E-state index in [1.54, 1.807) is 0 Å². The average molecular weight is 512 g/mol. The van der Waals surface area contributed by atoms with Gasteiger partial charge in [0, 0.05) is 28.2 Å². The lowest BCUT2D eigenvalue weighted by molar-refractivity contribution is -0.303. The zero-order chi connectivity index (χ0) is 26.3. The number of rotatable bonds is 0. The lowest BCUT2D eigenvalue weighted by atomic mass is 10.0. The van der Waals surface area contributed by atoms with Crippen LogP contribution in [0.4, 0.5) is 19.2 Å². The second-order valence-corrected chi connectivity index (χ2v) is 8.61. The molecule has 0 saturated carbocycles. The van der Waals surface area contributed by atoms with Crippen molar-refractivity contribution in [3.63, 3.8) is 0 Å². The van der Waals surface area contributed by atoms with Crippen LogP contribution in [0.25, 0.3) is 0 Å². The minimum absolute atomic E-state index is 0.144. The molecule has 4 N–H and O–H groups in total. The zero-order valence-electron chi connectivity index (χ0n) is 19.7. The van der Waals surface area contributed by atoms with Crippen LogP contribution in [0.15, 0.2) is 0 Å². The summed E-state index contributed by atoms with van der Waals surface area (Å²) >= 11 is 0. The number of carbonyl (C=O) groups is 6. The predicted octanol–water partition coefficient (Wildman–Crippen LogP) is -3.56. The molecule has 196 valence electrons. The molecule has 0 aromatic carbocycles. The van der Waals surface area contributed by atoms with Crippen LogP contribution in [0.2, 0.25) is 0 Å². The Bertz CT molecular complexity index is 1020. The molecule has 0 radical (unpaired) electrons.